The molecule has 0 unspecified atom stereocenters. The summed E-state index contributed by atoms with van der Waals surface area (Å²) in [4.78, 5) is 16.6. The van der Waals surface area contributed by atoms with Crippen LogP contribution in [0.2, 0.25) is 0 Å². The largest absolute Gasteiger partial charge is 0.339 e. The minimum absolute atomic E-state index is 0.110. The van der Waals surface area contributed by atoms with Crippen molar-refractivity contribution in [2.24, 2.45) is 0 Å². The molecule has 0 aromatic heterocycles. The number of rotatable bonds is 6. The summed E-state index contributed by atoms with van der Waals surface area (Å²) in [7, 11) is -3.79. The molecule has 3 rings (SSSR count). The zero-order valence-electron chi connectivity index (χ0n) is 15.8. The second-order valence-corrected chi connectivity index (χ2v) is 8.77. The van der Waals surface area contributed by atoms with Gasteiger partial charge >= 0.3 is 0 Å². The van der Waals surface area contributed by atoms with Crippen molar-refractivity contribution >= 4 is 21.6 Å². The molecule has 1 fully saturated rings. The van der Waals surface area contributed by atoms with Gasteiger partial charge in [0.2, 0.25) is 15.9 Å². The lowest BCUT2D eigenvalue weighted by Gasteiger charge is -2.35. The molecule has 6 nitrogen and oxygen atoms in total. The van der Waals surface area contributed by atoms with E-state index in [4.69, 9.17) is 0 Å². The summed E-state index contributed by atoms with van der Waals surface area (Å²) >= 11 is 0. The molecular weight excluding hydrogens is 381 g/mol. The van der Waals surface area contributed by atoms with E-state index in [0.29, 0.717) is 26.2 Å². The minimum Gasteiger partial charge on any atom is -0.339 e. The van der Waals surface area contributed by atoms with Crippen LogP contribution in [-0.4, -0.2) is 63.1 Å². The zero-order valence-corrected chi connectivity index (χ0v) is 16.6. The molecule has 1 saturated heterocycles. The molecule has 1 amide bonds. The van der Waals surface area contributed by atoms with E-state index in [1.54, 1.807) is 11.0 Å². The quantitative estimate of drug-likeness (QED) is 0.737. The van der Waals surface area contributed by atoms with Gasteiger partial charge in [-0.15, -0.1) is 0 Å². The molecule has 0 atom stereocenters. The van der Waals surface area contributed by atoms with Crippen LogP contribution < -0.4 is 4.31 Å². The van der Waals surface area contributed by atoms with Crippen molar-refractivity contribution in [2.45, 2.75) is 6.54 Å². The second kappa shape index (κ2) is 8.70. The number of sulfonamides is 1. The second-order valence-electron chi connectivity index (χ2n) is 6.86. The monoisotopic (exact) mass is 405 g/mol. The Balaban J connectivity index is 1.62. The third-order valence-corrected chi connectivity index (χ3v) is 5.90. The number of anilines is 1. The molecule has 1 heterocycles. The fourth-order valence-corrected chi connectivity index (χ4v) is 4.11. The summed E-state index contributed by atoms with van der Waals surface area (Å²) < 4.78 is 39.2. The van der Waals surface area contributed by atoms with E-state index < -0.39 is 22.4 Å². The Labute approximate surface area is 165 Å². The number of hydrogen-bond donors (Lipinski definition) is 0. The lowest BCUT2D eigenvalue weighted by Crippen LogP contribution is -2.51. The van der Waals surface area contributed by atoms with Gasteiger partial charge in [-0.25, -0.2) is 12.8 Å². The van der Waals surface area contributed by atoms with Crippen LogP contribution in [0.5, 0.6) is 0 Å². The number of piperazine rings is 1. The van der Waals surface area contributed by atoms with E-state index >= 15 is 0 Å². The van der Waals surface area contributed by atoms with Crippen molar-refractivity contribution in [3.05, 3.63) is 66.0 Å². The van der Waals surface area contributed by atoms with Gasteiger partial charge in [0.25, 0.3) is 0 Å². The van der Waals surface area contributed by atoms with Gasteiger partial charge in [0.15, 0.2) is 0 Å². The van der Waals surface area contributed by atoms with Crippen molar-refractivity contribution in [1.29, 1.82) is 0 Å². The Morgan fingerprint density at radius 1 is 1.00 bits per heavy atom. The topological polar surface area (TPSA) is 60.9 Å². The van der Waals surface area contributed by atoms with Crippen LogP contribution in [0.1, 0.15) is 5.56 Å². The van der Waals surface area contributed by atoms with E-state index in [1.807, 2.05) is 18.2 Å². The van der Waals surface area contributed by atoms with Crippen molar-refractivity contribution in [3.63, 3.8) is 0 Å². The van der Waals surface area contributed by atoms with Crippen LogP contribution in [0.3, 0.4) is 0 Å². The number of amides is 1. The lowest BCUT2D eigenvalue weighted by molar-refractivity contribution is -0.131. The average molecular weight is 405 g/mol. The van der Waals surface area contributed by atoms with Crippen molar-refractivity contribution in [2.75, 3.05) is 43.3 Å². The highest BCUT2D eigenvalue weighted by molar-refractivity contribution is 7.92. The van der Waals surface area contributed by atoms with Crippen molar-refractivity contribution in [3.8, 4) is 0 Å². The third-order valence-electron chi connectivity index (χ3n) is 4.77. The molecule has 0 N–H and O–H groups in total. The maximum Gasteiger partial charge on any atom is 0.243 e. The number of carbonyl (C=O) groups is 1. The molecule has 1 aliphatic heterocycles. The van der Waals surface area contributed by atoms with Gasteiger partial charge in [0, 0.05) is 32.7 Å². The first-order valence-electron chi connectivity index (χ1n) is 9.11. The molecule has 8 heteroatoms. The van der Waals surface area contributed by atoms with Crippen molar-refractivity contribution in [1.82, 2.24) is 9.80 Å². The highest BCUT2D eigenvalue weighted by Crippen LogP contribution is 2.21. The van der Waals surface area contributed by atoms with Gasteiger partial charge in [-0.3, -0.25) is 14.0 Å². The Morgan fingerprint density at radius 2 is 1.61 bits per heavy atom. The van der Waals surface area contributed by atoms with Crippen LogP contribution >= 0.6 is 0 Å². The Bertz CT molecular complexity index is 913. The first-order chi connectivity index (χ1) is 13.3. The molecule has 0 saturated carbocycles. The first kappa shape index (κ1) is 20.3. The molecular formula is C20H24FN3O3S. The SMILES string of the molecule is CS(=O)(=O)N(CC(=O)N1CCN(Cc2ccccc2)CC1)c1ccccc1F. The summed E-state index contributed by atoms with van der Waals surface area (Å²) in [6, 6.07) is 15.7. The highest BCUT2D eigenvalue weighted by Gasteiger charge is 2.27. The Morgan fingerprint density at radius 3 is 2.21 bits per heavy atom. The van der Waals surface area contributed by atoms with Crippen LogP contribution in [0.25, 0.3) is 0 Å². The third kappa shape index (κ3) is 5.08. The molecule has 150 valence electrons. The molecule has 0 bridgehead atoms. The summed E-state index contributed by atoms with van der Waals surface area (Å²) in [5.41, 5.74) is 1.10. The van der Waals surface area contributed by atoms with Gasteiger partial charge < -0.3 is 4.90 Å². The average Bonchev–Trinajstić information content (AvgIpc) is 2.67. The Hall–Kier alpha value is -2.45. The van der Waals surface area contributed by atoms with Gasteiger partial charge in [0.1, 0.15) is 12.4 Å². The first-order valence-corrected chi connectivity index (χ1v) is 11.0. The summed E-state index contributed by atoms with van der Waals surface area (Å²) in [6.45, 7) is 2.85. The predicted molar refractivity (Wildman–Crippen MR) is 107 cm³/mol. The van der Waals surface area contributed by atoms with E-state index in [0.717, 1.165) is 17.1 Å². The molecule has 2 aromatic rings. The molecule has 0 radical (unpaired) electrons. The van der Waals surface area contributed by atoms with E-state index in [9.17, 15) is 17.6 Å². The Kier molecular flexibility index (Phi) is 6.31. The number of para-hydroxylation sites is 1. The summed E-state index contributed by atoms with van der Waals surface area (Å²) in [5.74, 6) is -0.999. The van der Waals surface area contributed by atoms with E-state index in [2.05, 4.69) is 17.0 Å². The van der Waals surface area contributed by atoms with Gasteiger partial charge in [-0.05, 0) is 17.7 Å². The van der Waals surface area contributed by atoms with Crippen LogP contribution in [0.15, 0.2) is 54.6 Å². The standard InChI is InChI=1S/C20H24FN3O3S/c1-28(26,27)24(19-10-6-5-9-18(19)21)16-20(25)23-13-11-22(12-14-23)15-17-7-3-2-4-8-17/h2-10H,11-16H2,1H3. The fraction of sp³-hybridized carbons (Fsp3) is 0.350. The van der Waals surface area contributed by atoms with Crippen LogP contribution in [0, 0.1) is 5.82 Å². The van der Waals surface area contributed by atoms with Gasteiger partial charge in [-0.1, -0.05) is 42.5 Å². The summed E-state index contributed by atoms with van der Waals surface area (Å²) in [6.07, 6.45) is 0.977. The predicted octanol–water partition coefficient (Wildman–Crippen LogP) is 1.94. The molecule has 0 aliphatic carbocycles. The number of benzene rings is 2. The molecule has 1 aliphatic rings. The van der Waals surface area contributed by atoms with Gasteiger partial charge in [0.05, 0.1) is 11.9 Å². The normalized spacial score (nSPS) is 15.4. The van der Waals surface area contributed by atoms with Gasteiger partial charge in [-0.2, -0.15) is 0 Å². The molecule has 28 heavy (non-hydrogen) atoms. The molecule has 0 spiro atoms. The number of hydrogen-bond acceptors (Lipinski definition) is 4. The van der Waals surface area contributed by atoms with E-state index in [1.165, 1.54) is 23.8 Å². The zero-order chi connectivity index (χ0) is 20.1. The van der Waals surface area contributed by atoms with Crippen molar-refractivity contribution < 1.29 is 17.6 Å². The van der Waals surface area contributed by atoms with Crippen LogP contribution in [-0.2, 0) is 21.4 Å². The molecule has 2 aromatic carbocycles. The number of carbonyl (C=O) groups excluding carboxylic acids is 1. The highest BCUT2D eigenvalue weighted by atomic mass is 32.2. The number of nitrogens with zero attached hydrogens (tertiary/aromatic N) is 3. The smallest absolute Gasteiger partial charge is 0.243 e. The minimum atomic E-state index is -3.79. The summed E-state index contributed by atoms with van der Waals surface area (Å²) in [5, 5.41) is 0. The maximum absolute atomic E-state index is 14.1. The van der Waals surface area contributed by atoms with E-state index in [-0.39, 0.29) is 11.6 Å². The maximum atomic E-state index is 14.1. The lowest BCUT2D eigenvalue weighted by atomic mass is 10.2. The number of halogens is 1. The van der Waals surface area contributed by atoms with Crippen LogP contribution in [0.4, 0.5) is 10.1 Å². The fourth-order valence-electron chi connectivity index (χ4n) is 3.25.